The fourth-order valence-corrected chi connectivity index (χ4v) is 3.06. The van der Waals surface area contributed by atoms with E-state index in [0.29, 0.717) is 12.1 Å². The lowest BCUT2D eigenvalue weighted by atomic mass is 10.1. The summed E-state index contributed by atoms with van der Waals surface area (Å²) in [5.74, 6) is -0.111. The van der Waals surface area contributed by atoms with Gasteiger partial charge in [0.2, 0.25) is 0 Å². The van der Waals surface area contributed by atoms with Gasteiger partial charge in [0.05, 0.1) is 7.11 Å². The van der Waals surface area contributed by atoms with Gasteiger partial charge in [-0.1, -0.05) is 0 Å². The fourth-order valence-electron chi connectivity index (χ4n) is 3.06. The Morgan fingerprint density at radius 3 is 2.75 bits per heavy atom. The number of nitrogens with one attached hydrogen (secondary N) is 1. The molecule has 0 aromatic rings. The van der Waals surface area contributed by atoms with E-state index in [0.717, 1.165) is 26.1 Å². The molecular formula is C15H29N3O2. The molecule has 1 saturated carbocycles. The summed E-state index contributed by atoms with van der Waals surface area (Å²) in [7, 11) is 5.74. The van der Waals surface area contributed by atoms with Gasteiger partial charge in [0.15, 0.2) is 0 Å². The average Bonchev–Trinajstić information content (AvgIpc) is 3.13. The summed E-state index contributed by atoms with van der Waals surface area (Å²) >= 11 is 0. The summed E-state index contributed by atoms with van der Waals surface area (Å²) in [6, 6.07) is 1.05. The molecule has 0 aromatic carbocycles. The summed E-state index contributed by atoms with van der Waals surface area (Å²) in [5, 5.41) is 3.41. The second-order valence-electron chi connectivity index (χ2n) is 6.40. The summed E-state index contributed by atoms with van der Waals surface area (Å²) < 4.78 is 4.92. The molecule has 116 valence electrons. The third-order valence-electron chi connectivity index (χ3n) is 4.28. The summed E-state index contributed by atoms with van der Waals surface area (Å²) in [6.07, 6.45) is 5.79. The predicted octanol–water partition coefficient (Wildman–Crippen LogP) is 0.696. The Morgan fingerprint density at radius 2 is 2.15 bits per heavy atom. The van der Waals surface area contributed by atoms with Gasteiger partial charge in [-0.05, 0) is 52.7 Å². The van der Waals surface area contributed by atoms with Gasteiger partial charge in [0.1, 0.15) is 6.04 Å². The number of esters is 1. The van der Waals surface area contributed by atoms with E-state index in [1.54, 1.807) is 0 Å². The van der Waals surface area contributed by atoms with Gasteiger partial charge < -0.3 is 15.0 Å². The molecule has 2 atom stereocenters. The Kier molecular flexibility index (Phi) is 5.81. The van der Waals surface area contributed by atoms with Crippen molar-refractivity contribution in [2.24, 2.45) is 0 Å². The topological polar surface area (TPSA) is 44.8 Å². The second kappa shape index (κ2) is 7.38. The zero-order valence-electron chi connectivity index (χ0n) is 13.1. The van der Waals surface area contributed by atoms with E-state index in [1.807, 2.05) is 0 Å². The first-order valence-corrected chi connectivity index (χ1v) is 7.83. The van der Waals surface area contributed by atoms with Crippen molar-refractivity contribution in [2.45, 2.75) is 50.2 Å². The SMILES string of the molecule is COC(=O)C(CCN1CCCC1CN(C)C)NC1CC1. The molecule has 2 unspecified atom stereocenters. The van der Waals surface area contributed by atoms with Crippen molar-refractivity contribution in [1.29, 1.82) is 0 Å². The van der Waals surface area contributed by atoms with Gasteiger partial charge in [-0.15, -0.1) is 0 Å². The maximum absolute atomic E-state index is 11.8. The van der Waals surface area contributed by atoms with Crippen molar-refractivity contribution < 1.29 is 9.53 Å². The Bertz CT molecular complexity index is 318. The van der Waals surface area contributed by atoms with Crippen molar-refractivity contribution in [3.05, 3.63) is 0 Å². The van der Waals surface area contributed by atoms with Crippen LogP contribution in [0.5, 0.6) is 0 Å². The molecule has 1 heterocycles. The standard InChI is InChI=1S/C15H29N3O2/c1-17(2)11-13-5-4-9-18(13)10-8-14(15(19)20-3)16-12-6-7-12/h12-14,16H,4-11H2,1-3H3. The van der Waals surface area contributed by atoms with Crippen LogP contribution in [0.3, 0.4) is 0 Å². The van der Waals surface area contributed by atoms with Gasteiger partial charge in [0.25, 0.3) is 0 Å². The quantitative estimate of drug-likeness (QED) is 0.664. The van der Waals surface area contributed by atoms with Crippen LogP contribution in [0.25, 0.3) is 0 Å². The number of carbonyl (C=O) groups excluding carboxylic acids is 1. The lowest BCUT2D eigenvalue weighted by molar-refractivity contribution is -0.143. The minimum absolute atomic E-state index is 0.111. The molecule has 1 aliphatic carbocycles. The second-order valence-corrected chi connectivity index (χ2v) is 6.40. The summed E-state index contributed by atoms with van der Waals surface area (Å²) in [6.45, 7) is 3.26. The van der Waals surface area contributed by atoms with Crippen LogP contribution in [0.1, 0.15) is 32.1 Å². The number of ether oxygens (including phenoxy) is 1. The average molecular weight is 283 g/mol. The molecule has 20 heavy (non-hydrogen) atoms. The minimum atomic E-state index is -0.131. The van der Waals surface area contributed by atoms with Crippen LogP contribution in [0.2, 0.25) is 0 Å². The lowest BCUT2D eigenvalue weighted by Crippen LogP contribution is -2.44. The number of likely N-dealkylation sites (N-methyl/N-ethyl adjacent to an activating group) is 1. The van der Waals surface area contributed by atoms with Crippen molar-refractivity contribution >= 4 is 5.97 Å². The van der Waals surface area contributed by atoms with Gasteiger partial charge in [-0.2, -0.15) is 0 Å². The van der Waals surface area contributed by atoms with Crippen molar-refractivity contribution in [2.75, 3.05) is 40.8 Å². The molecule has 2 fully saturated rings. The number of hydrogen-bond acceptors (Lipinski definition) is 5. The maximum atomic E-state index is 11.8. The van der Waals surface area contributed by atoms with Gasteiger partial charge in [-0.3, -0.25) is 9.69 Å². The van der Waals surface area contributed by atoms with E-state index in [2.05, 4.69) is 29.2 Å². The zero-order valence-corrected chi connectivity index (χ0v) is 13.1. The van der Waals surface area contributed by atoms with Crippen molar-refractivity contribution in [3.8, 4) is 0 Å². The van der Waals surface area contributed by atoms with E-state index < -0.39 is 0 Å². The third-order valence-corrected chi connectivity index (χ3v) is 4.28. The molecule has 2 aliphatic rings. The molecule has 5 heteroatoms. The van der Waals surface area contributed by atoms with E-state index in [-0.39, 0.29) is 12.0 Å². The predicted molar refractivity (Wildman–Crippen MR) is 79.7 cm³/mol. The molecule has 2 rings (SSSR count). The number of nitrogens with zero attached hydrogens (tertiary/aromatic N) is 2. The molecule has 0 aromatic heterocycles. The van der Waals surface area contributed by atoms with Crippen LogP contribution in [0.15, 0.2) is 0 Å². The highest BCUT2D eigenvalue weighted by molar-refractivity contribution is 5.75. The van der Waals surface area contributed by atoms with Crippen LogP contribution in [0.4, 0.5) is 0 Å². The van der Waals surface area contributed by atoms with Gasteiger partial charge >= 0.3 is 5.97 Å². The van der Waals surface area contributed by atoms with Crippen LogP contribution in [0, 0.1) is 0 Å². The van der Waals surface area contributed by atoms with Crippen LogP contribution in [-0.4, -0.2) is 74.7 Å². The molecule has 1 aliphatic heterocycles. The fraction of sp³-hybridized carbons (Fsp3) is 0.933. The van der Waals surface area contributed by atoms with Gasteiger partial charge in [0, 0.05) is 25.2 Å². The first kappa shape index (κ1) is 15.7. The van der Waals surface area contributed by atoms with Crippen molar-refractivity contribution in [1.82, 2.24) is 15.1 Å². The highest BCUT2D eigenvalue weighted by Gasteiger charge is 2.31. The van der Waals surface area contributed by atoms with Crippen LogP contribution < -0.4 is 5.32 Å². The normalized spacial score (nSPS) is 25.1. The van der Waals surface area contributed by atoms with Crippen LogP contribution >= 0.6 is 0 Å². The minimum Gasteiger partial charge on any atom is -0.468 e. The molecule has 0 spiro atoms. The Morgan fingerprint density at radius 1 is 1.40 bits per heavy atom. The molecule has 0 amide bonds. The smallest absolute Gasteiger partial charge is 0.322 e. The molecule has 0 radical (unpaired) electrons. The lowest BCUT2D eigenvalue weighted by Gasteiger charge is -2.28. The maximum Gasteiger partial charge on any atom is 0.322 e. The number of rotatable bonds is 8. The Balaban J connectivity index is 1.79. The number of hydrogen-bond donors (Lipinski definition) is 1. The molecule has 1 N–H and O–H groups in total. The Hall–Kier alpha value is -0.650. The van der Waals surface area contributed by atoms with E-state index in [1.165, 1.54) is 32.8 Å². The largest absolute Gasteiger partial charge is 0.468 e. The van der Waals surface area contributed by atoms with E-state index >= 15 is 0 Å². The monoisotopic (exact) mass is 283 g/mol. The Labute approximate surface area is 122 Å². The zero-order chi connectivity index (χ0) is 14.5. The third kappa shape index (κ3) is 4.72. The van der Waals surface area contributed by atoms with Crippen LogP contribution in [-0.2, 0) is 9.53 Å². The van der Waals surface area contributed by atoms with Gasteiger partial charge in [-0.25, -0.2) is 0 Å². The summed E-state index contributed by atoms with van der Waals surface area (Å²) in [4.78, 5) is 16.6. The molecular weight excluding hydrogens is 254 g/mol. The first-order chi connectivity index (χ1) is 9.60. The number of methoxy groups -OCH3 is 1. The molecule has 5 nitrogen and oxygen atoms in total. The molecule has 0 bridgehead atoms. The number of likely N-dealkylation sites (tertiary alicyclic amines) is 1. The van der Waals surface area contributed by atoms with E-state index in [9.17, 15) is 4.79 Å². The molecule has 1 saturated heterocycles. The summed E-state index contributed by atoms with van der Waals surface area (Å²) in [5.41, 5.74) is 0. The van der Waals surface area contributed by atoms with Crippen molar-refractivity contribution in [3.63, 3.8) is 0 Å². The van der Waals surface area contributed by atoms with E-state index in [4.69, 9.17) is 4.74 Å². The highest BCUT2D eigenvalue weighted by Crippen LogP contribution is 2.22. The number of carbonyl (C=O) groups is 1. The highest BCUT2D eigenvalue weighted by atomic mass is 16.5. The first-order valence-electron chi connectivity index (χ1n) is 7.83.